The molecule has 3 atom stereocenters. The molecule has 0 aliphatic carbocycles. The standard InChI is InChI=1S/C21H44N4/c1-19-16-20(2)18-24(17-19)13-6-9-22-11-12-23-10-7-15-25-14-5-4-8-21(25)3/h19-23H,4-18H2,1-3H3. The molecule has 2 N–H and O–H groups in total. The quantitative estimate of drug-likeness (QED) is 0.560. The Morgan fingerprint density at radius 2 is 1.44 bits per heavy atom. The summed E-state index contributed by atoms with van der Waals surface area (Å²) in [4.78, 5) is 5.34. The lowest BCUT2D eigenvalue weighted by atomic mass is 9.92. The van der Waals surface area contributed by atoms with Gasteiger partial charge in [-0.15, -0.1) is 0 Å². The lowest BCUT2D eigenvalue weighted by Crippen LogP contribution is -2.40. The molecule has 2 aliphatic heterocycles. The van der Waals surface area contributed by atoms with E-state index in [0.29, 0.717) is 0 Å². The molecule has 0 aromatic carbocycles. The van der Waals surface area contributed by atoms with E-state index in [0.717, 1.165) is 44.1 Å². The number of hydrogen-bond donors (Lipinski definition) is 2. The largest absolute Gasteiger partial charge is 0.315 e. The van der Waals surface area contributed by atoms with E-state index >= 15 is 0 Å². The number of likely N-dealkylation sites (tertiary alicyclic amines) is 2. The smallest absolute Gasteiger partial charge is 0.00767 e. The summed E-state index contributed by atoms with van der Waals surface area (Å²) >= 11 is 0. The van der Waals surface area contributed by atoms with Crippen LogP contribution in [0.15, 0.2) is 0 Å². The van der Waals surface area contributed by atoms with Crippen LogP contribution in [0.5, 0.6) is 0 Å². The topological polar surface area (TPSA) is 30.5 Å². The van der Waals surface area contributed by atoms with E-state index in [1.54, 1.807) is 0 Å². The van der Waals surface area contributed by atoms with Crippen molar-refractivity contribution < 1.29 is 0 Å². The number of rotatable bonds is 11. The van der Waals surface area contributed by atoms with E-state index in [-0.39, 0.29) is 0 Å². The summed E-state index contributed by atoms with van der Waals surface area (Å²) in [6.45, 7) is 18.2. The van der Waals surface area contributed by atoms with Crippen molar-refractivity contribution in [2.75, 3.05) is 58.9 Å². The number of nitrogens with one attached hydrogen (secondary N) is 2. The molecule has 25 heavy (non-hydrogen) atoms. The van der Waals surface area contributed by atoms with E-state index in [9.17, 15) is 0 Å². The second kappa shape index (κ2) is 12.3. The molecule has 0 radical (unpaired) electrons. The molecule has 0 aromatic rings. The van der Waals surface area contributed by atoms with Gasteiger partial charge in [0.15, 0.2) is 0 Å². The predicted molar refractivity (Wildman–Crippen MR) is 109 cm³/mol. The van der Waals surface area contributed by atoms with Gasteiger partial charge in [-0.25, -0.2) is 0 Å². The van der Waals surface area contributed by atoms with Crippen molar-refractivity contribution in [1.82, 2.24) is 20.4 Å². The van der Waals surface area contributed by atoms with Gasteiger partial charge in [-0.3, -0.25) is 0 Å². The van der Waals surface area contributed by atoms with Crippen LogP contribution in [-0.4, -0.2) is 74.7 Å². The summed E-state index contributed by atoms with van der Waals surface area (Å²) in [6, 6.07) is 0.807. The predicted octanol–water partition coefficient (Wildman–Crippen LogP) is 2.80. The van der Waals surface area contributed by atoms with Crippen molar-refractivity contribution in [2.24, 2.45) is 11.8 Å². The van der Waals surface area contributed by atoms with Crippen LogP contribution in [0.4, 0.5) is 0 Å². The normalized spacial score (nSPS) is 29.2. The van der Waals surface area contributed by atoms with Crippen LogP contribution < -0.4 is 10.6 Å². The van der Waals surface area contributed by atoms with Gasteiger partial charge in [0.2, 0.25) is 0 Å². The fourth-order valence-corrected chi connectivity index (χ4v) is 4.73. The molecule has 4 heteroatoms. The molecule has 0 aromatic heterocycles. The van der Waals surface area contributed by atoms with Crippen LogP contribution in [0, 0.1) is 11.8 Å². The maximum atomic E-state index is 3.60. The molecule has 148 valence electrons. The third-order valence-electron chi connectivity index (χ3n) is 5.99. The highest BCUT2D eigenvalue weighted by Crippen LogP contribution is 2.20. The van der Waals surface area contributed by atoms with Crippen molar-refractivity contribution in [1.29, 1.82) is 0 Å². The molecule has 0 spiro atoms. The third kappa shape index (κ3) is 8.85. The Kier molecular flexibility index (Phi) is 10.4. The highest BCUT2D eigenvalue weighted by molar-refractivity contribution is 4.75. The van der Waals surface area contributed by atoms with Crippen LogP contribution in [0.3, 0.4) is 0 Å². The lowest BCUT2D eigenvalue weighted by molar-refractivity contribution is 0.139. The molecule has 2 heterocycles. The highest BCUT2D eigenvalue weighted by atomic mass is 15.2. The van der Waals surface area contributed by atoms with E-state index in [4.69, 9.17) is 0 Å². The van der Waals surface area contributed by atoms with E-state index < -0.39 is 0 Å². The summed E-state index contributed by atoms with van der Waals surface area (Å²) in [6.07, 6.45) is 8.21. The second-order valence-corrected chi connectivity index (χ2v) is 8.79. The molecule has 2 fully saturated rings. The Morgan fingerprint density at radius 3 is 2.08 bits per heavy atom. The first-order valence-corrected chi connectivity index (χ1v) is 11.0. The summed E-state index contributed by atoms with van der Waals surface area (Å²) in [5.74, 6) is 1.77. The zero-order valence-electron chi connectivity index (χ0n) is 17.2. The van der Waals surface area contributed by atoms with Gasteiger partial charge in [0.25, 0.3) is 0 Å². The van der Waals surface area contributed by atoms with Crippen LogP contribution in [0.2, 0.25) is 0 Å². The number of piperidine rings is 2. The van der Waals surface area contributed by atoms with Crippen molar-refractivity contribution >= 4 is 0 Å². The molecular formula is C21H44N4. The molecule has 4 nitrogen and oxygen atoms in total. The average Bonchev–Trinajstić information content (AvgIpc) is 2.57. The van der Waals surface area contributed by atoms with Crippen molar-refractivity contribution in [3.05, 3.63) is 0 Å². The van der Waals surface area contributed by atoms with Gasteiger partial charge in [-0.2, -0.15) is 0 Å². The molecule has 2 saturated heterocycles. The van der Waals surface area contributed by atoms with Crippen LogP contribution in [0.25, 0.3) is 0 Å². The number of hydrogen-bond acceptors (Lipinski definition) is 4. The Morgan fingerprint density at radius 1 is 0.800 bits per heavy atom. The second-order valence-electron chi connectivity index (χ2n) is 8.79. The molecular weight excluding hydrogens is 308 g/mol. The van der Waals surface area contributed by atoms with Crippen molar-refractivity contribution in [2.45, 2.75) is 65.3 Å². The Labute approximate surface area is 157 Å². The van der Waals surface area contributed by atoms with Gasteiger partial charge in [-0.05, 0) is 83.6 Å². The van der Waals surface area contributed by atoms with Crippen LogP contribution >= 0.6 is 0 Å². The Hall–Kier alpha value is -0.160. The first-order valence-electron chi connectivity index (χ1n) is 11.0. The monoisotopic (exact) mass is 352 g/mol. The summed E-state index contributed by atoms with van der Waals surface area (Å²) < 4.78 is 0. The highest BCUT2D eigenvalue weighted by Gasteiger charge is 2.21. The fraction of sp³-hybridized carbons (Fsp3) is 1.00. The SMILES string of the molecule is CC1CC(C)CN(CCCNCCNCCCN2CCCCC2C)C1. The summed E-state index contributed by atoms with van der Waals surface area (Å²) in [5, 5.41) is 7.19. The van der Waals surface area contributed by atoms with Crippen LogP contribution in [0.1, 0.15) is 59.3 Å². The minimum absolute atomic E-state index is 0.807. The average molecular weight is 353 g/mol. The Balaban J connectivity index is 1.35. The zero-order chi connectivity index (χ0) is 17.9. The van der Waals surface area contributed by atoms with Crippen LogP contribution in [-0.2, 0) is 0 Å². The van der Waals surface area contributed by atoms with E-state index in [2.05, 4.69) is 41.2 Å². The van der Waals surface area contributed by atoms with Crippen molar-refractivity contribution in [3.8, 4) is 0 Å². The van der Waals surface area contributed by atoms with Gasteiger partial charge in [-0.1, -0.05) is 20.3 Å². The lowest BCUT2D eigenvalue weighted by Gasteiger charge is -2.34. The van der Waals surface area contributed by atoms with E-state index in [1.165, 1.54) is 71.2 Å². The minimum Gasteiger partial charge on any atom is -0.315 e. The first kappa shape index (κ1) is 21.1. The van der Waals surface area contributed by atoms with Crippen molar-refractivity contribution in [3.63, 3.8) is 0 Å². The summed E-state index contributed by atoms with van der Waals surface area (Å²) in [7, 11) is 0. The third-order valence-corrected chi connectivity index (χ3v) is 5.99. The number of nitrogens with zero attached hydrogens (tertiary/aromatic N) is 2. The van der Waals surface area contributed by atoms with Gasteiger partial charge < -0.3 is 20.4 Å². The summed E-state index contributed by atoms with van der Waals surface area (Å²) in [5.41, 5.74) is 0. The maximum Gasteiger partial charge on any atom is 0.00767 e. The molecule has 0 amide bonds. The molecule has 0 bridgehead atoms. The fourth-order valence-electron chi connectivity index (χ4n) is 4.73. The van der Waals surface area contributed by atoms with Gasteiger partial charge >= 0.3 is 0 Å². The zero-order valence-corrected chi connectivity index (χ0v) is 17.2. The molecule has 3 unspecified atom stereocenters. The van der Waals surface area contributed by atoms with Gasteiger partial charge in [0, 0.05) is 32.2 Å². The maximum absolute atomic E-state index is 3.60. The Bertz CT molecular complexity index is 326. The van der Waals surface area contributed by atoms with Gasteiger partial charge in [0.1, 0.15) is 0 Å². The molecule has 2 aliphatic rings. The van der Waals surface area contributed by atoms with E-state index in [1.807, 2.05) is 0 Å². The minimum atomic E-state index is 0.807. The molecule has 0 saturated carbocycles. The first-order chi connectivity index (χ1) is 12.1. The van der Waals surface area contributed by atoms with Gasteiger partial charge in [0.05, 0.1) is 0 Å². The molecule has 2 rings (SSSR count).